The molecule has 0 radical (unpaired) electrons. The van der Waals surface area contributed by atoms with Crippen molar-refractivity contribution in [3.63, 3.8) is 0 Å². The summed E-state index contributed by atoms with van der Waals surface area (Å²) >= 11 is 0. The average Bonchev–Trinajstić information content (AvgIpc) is 2.73. The van der Waals surface area contributed by atoms with Gasteiger partial charge in [0.25, 0.3) is 11.6 Å². The number of nitro groups is 1. The van der Waals surface area contributed by atoms with Gasteiger partial charge in [0.2, 0.25) is 6.10 Å². The molecule has 0 bridgehead atoms. The second kappa shape index (κ2) is 8.46. The first-order chi connectivity index (χ1) is 13.9. The normalized spacial score (nSPS) is 15.7. The Hall–Kier alpha value is -3.82. The number of rotatable bonds is 6. The number of nitrogens with zero attached hydrogens (tertiary/aromatic N) is 1. The molecule has 0 aliphatic carbocycles. The molecule has 2 atom stereocenters. The summed E-state index contributed by atoms with van der Waals surface area (Å²) in [6.07, 6.45) is -2.25. The summed E-state index contributed by atoms with van der Waals surface area (Å²) in [7, 11) is 1.37. The highest BCUT2D eigenvalue weighted by Crippen LogP contribution is 2.31. The van der Waals surface area contributed by atoms with Gasteiger partial charge in [-0.05, 0) is 31.2 Å². The number of esters is 1. The Morgan fingerprint density at radius 2 is 1.97 bits per heavy atom. The van der Waals surface area contributed by atoms with E-state index in [4.69, 9.17) is 18.9 Å². The number of para-hydroxylation sites is 2. The van der Waals surface area contributed by atoms with Crippen molar-refractivity contribution in [1.82, 2.24) is 0 Å². The maximum absolute atomic E-state index is 12.3. The molecule has 3 rings (SSSR count). The molecule has 0 aromatic heterocycles. The smallest absolute Gasteiger partial charge is 0.351 e. The van der Waals surface area contributed by atoms with E-state index in [0.29, 0.717) is 11.5 Å². The molecule has 29 heavy (non-hydrogen) atoms. The van der Waals surface area contributed by atoms with Gasteiger partial charge < -0.3 is 24.3 Å². The minimum absolute atomic E-state index is 0.0464. The fraction of sp³-hybridized carbons (Fsp3) is 0.263. The number of anilines is 1. The molecule has 0 fully saturated rings. The van der Waals surface area contributed by atoms with Crippen LogP contribution in [0.5, 0.6) is 17.2 Å². The number of nitrogens with one attached hydrogen (secondary N) is 1. The first-order valence-electron chi connectivity index (χ1n) is 8.61. The zero-order chi connectivity index (χ0) is 21.0. The zero-order valence-corrected chi connectivity index (χ0v) is 15.6. The summed E-state index contributed by atoms with van der Waals surface area (Å²) in [5.41, 5.74) is -0.397. The molecule has 1 heterocycles. The van der Waals surface area contributed by atoms with Crippen LogP contribution in [0.2, 0.25) is 0 Å². The quantitative estimate of drug-likeness (QED) is 0.443. The second-order valence-corrected chi connectivity index (χ2v) is 6.07. The molecule has 1 aliphatic rings. The minimum Gasteiger partial charge on any atom is -0.496 e. The molecule has 2 aromatic carbocycles. The van der Waals surface area contributed by atoms with Gasteiger partial charge in [-0.25, -0.2) is 4.79 Å². The second-order valence-electron chi connectivity index (χ2n) is 6.07. The summed E-state index contributed by atoms with van der Waals surface area (Å²) < 4.78 is 21.1. The van der Waals surface area contributed by atoms with Crippen LogP contribution in [-0.2, 0) is 14.3 Å². The first-order valence-corrected chi connectivity index (χ1v) is 8.61. The Kier molecular flexibility index (Phi) is 5.82. The highest BCUT2D eigenvalue weighted by atomic mass is 16.6. The number of hydrogen-bond donors (Lipinski definition) is 1. The van der Waals surface area contributed by atoms with E-state index < -0.39 is 29.0 Å². The Morgan fingerprint density at radius 1 is 1.24 bits per heavy atom. The molecule has 10 heteroatoms. The van der Waals surface area contributed by atoms with E-state index in [-0.39, 0.29) is 23.7 Å². The lowest BCUT2D eigenvalue weighted by Gasteiger charge is -2.25. The first kappa shape index (κ1) is 19.9. The van der Waals surface area contributed by atoms with Crippen LogP contribution in [0, 0.1) is 10.1 Å². The van der Waals surface area contributed by atoms with Crippen molar-refractivity contribution < 1.29 is 33.5 Å². The Bertz CT molecular complexity index is 946. The van der Waals surface area contributed by atoms with E-state index in [1.807, 2.05) is 0 Å². The molecule has 2 aromatic rings. The van der Waals surface area contributed by atoms with Crippen LogP contribution >= 0.6 is 0 Å². The minimum atomic E-state index is -1.22. The van der Waals surface area contributed by atoms with Gasteiger partial charge in [-0.2, -0.15) is 0 Å². The molecule has 1 aliphatic heterocycles. The van der Waals surface area contributed by atoms with E-state index >= 15 is 0 Å². The number of amides is 1. The van der Waals surface area contributed by atoms with Crippen molar-refractivity contribution >= 4 is 23.3 Å². The summed E-state index contributed by atoms with van der Waals surface area (Å²) in [5.74, 6) is -0.347. The van der Waals surface area contributed by atoms with Crippen LogP contribution in [0.25, 0.3) is 0 Å². The highest BCUT2D eigenvalue weighted by molar-refractivity contribution is 5.97. The van der Waals surface area contributed by atoms with Crippen LogP contribution in [0.3, 0.4) is 0 Å². The number of carbonyl (C=O) groups excluding carboxylic acids is 2. The molecule has 0 unspecified atom stereocenters. The van der Waals surface area contributed by atoms with Crippen molar-refractivity contribution in [3.05, 3.63) is 52.6 Å². The van der Waals surface area contributed by atoms with Gasteiger partial charge in [0.1, 0.15) is 18.0 Å². The van der Waals surface area contributed by atoms with Gasteiger partial charge in [-0.15, -0.1) is 0 Å². The SMILES string of the molecule is COc1ccc(NC(=O)[C@@H](C)OC(=O)[C@H]2COc3ccccc3O2)c([N+](=O)[O-])c1. The Morgan fingerprint density at radius 3 is 2.66 bits per heavy atom. The molecular formula is C19H18N2O8. The van der Waals surface area contributed by atoms with Gasteiger partial charge in [-0.3, -0.25) is 14.9 Å². The molecule has 0 saturated heterocycles. The number of fused-ring (bicyclic) bond motifs is 1. The predicted octanol–water partition coefficient (Wildman–Crippen LogP) is 2.31. The third-order valence-electron chi connectivity index (χ3n) is 4.09. The highest BCUT2D eigenvalue weighted by Gasteiger charge is 2.31. The monoisotopic (exact) mass is 402 g/mol. The summed E-state index contributed by atoms with van der Waals surface area (Å²) in [6, 6.07) is 10.8. The third kappa shape index (κ3) is 4.54. The topological polar surface area (TPSA) is 126 Å². The Labute approximate surface area is 165 Å². The van der Waals surface area contributed by atoms with Crippen LogP contribution < -0.4 is 19.5 Å². The van der Waals surface area contributed by atoms with E-state index in [1.54, 1.807) is 24.3 Å². The van der Waals surface area contributed by atoms with Gasteiger partial charge in [-0.1, -0.05) is 12.1 Å². The van der Waals surface area contributed by atoms with Crippen molar-refractivity contribution in [3.8, 4) is 17.2 Å². The molecule has 152 valence electrons. The third-order valence-corrected chi connectivity index (χ3v) is 4.09. The van der Waals surface area contributed by atoms with Gasteiger partial charge in [0.15, 0.2) is 17.6 Å². The fourth-order valence-electron chi connectivity index (χ4n) is 2.57. The molecule has 10 nitrogen and oxygen atoms in total. The maximum atomic E-state index is 12.3. The number of nitro benzene ring substituents is 1. The van der Waals surface area contributed by atoms with E-state index in [0.717, 1.165) is 0 Å². The van der Waals surface area contributed by atoms with Gasteiger partial charge in [0, 0.05) is 0 Å². The number of carbonyl (C=O) groups is 2. The number of hydrogen-bond acceptors (Lipinski definition) is 8. The number of ether oxygens (including phenoxy) is 4. The predicted molar refractivity (Wildman–Crippen MR) is 100 cm³/mol. The summed E-state index contributed by atoms with van der Waals surface area (Å²) in [6.45, 7) is 1.29. The van der Waals surface area contributed by atoms with Crippen molar-refractivity contribution in [2.24, 2.45) is 0 Å². The van der Waals surface area contributed by atoms with Crippen molar-refractivity contribution in [1.29, 1.82) is 0 Å². The fourth-order valence-corrected chi connectivity index (χ4v) is 2.57. The number of methoxy groups -OCH3 is 1. The van der Waals surface area contributed by atoms with Crippen LogP contribution in [-0.4, -0.2) is 42.7 Å². The molecule has 1 N–H and O–H groups in total. The molecule has 0 saturated carbocycles. The maximum Gasteiger partial charge on any atom is 0.351 e. The molecular weight excluding hydrogens is 384 g/mol. The average molecular weight is 402 g/mol. The lowest BCUT2D eigenvalue weighted by Crippen LogP contribution is -2.41. The molecule has 1 amide bonds. The van der Waals surface area contributed by atoms with E-state index in [9.17, 15) is 19.7 Å². The summed E-state index contributed by atoms with van der Waals surface area (Å²) in [4.78, 5) is 35.2. The van der Waals surface area contributed by atoms with Gasteiger partial charge >= 0.3 is 5.97 Å². The van der Waals surface area contributed by atoms with Crippen LogP contribution in [0.15, 0.2) is 42.5 Å². The lowest BCUT2D eigenvalue weighted by atomic mass is 10.2. The van der Waals surface area contributed by atoms with E-state index in [2.05, 4.69) is 5.32 Å². The Balaban J connectivity index is 1.63. The van der Waals surface area contributed by atoms with Gasteiger partial charge in [0.05, 0.1) is 18.1 Å². The lowest BCUT2D eigenvalue weighted by molar-refractivity contribution is -0.384. The van der Waals surface area contributed by atoms with E-state index in [1.165, 1.54) is 32.2 Å². The van der Waals surface area contributed by atoms with Crippen molar-refractivity contribution in [2.75, 3.05) is 19.0 Å². The largest absolute Gasteiger partial charge is 0.496 e. The van der Waals surface area contributed by atoms with Crippen LogP contribution in [0.4, 0.5) is 11.4 Å². The number of benzene rings is 2. The molecule has 0 spiro atoms. The standard InChI is InChI=1S/C19H18N2O8/c1-11(18(22)20-13-8-7-12(26-2)9-14(13)21(24)25)28-19(23)17-10-27-15-5-3-4-6-16(15)29-17/h3-9,11,17H,10H2,1-2H3,(H,20,22)/t11-,17-/m1/s1. The van der Waals surface area contributed by atoms with Crippen molar-refractivity contribution in [2.45, 2.75) is 19.1 Å². The zero-order valence-electron chi connectivity index (χ0n) is 15.6. The summed E-state index contributed by atoms with van der Waals surface area (Å²) in [5, 5.41) is 13.6. The van der Waals surface area contributed by atoms with Crippen LogP contribution in [0.1, 0.15) is 6.92 Å².